The van der Waals surface area contributed by atoms with Crippen LogP contribution in [0.5, 0.6) is 0 Å². The number of benzene rings is 1. The number of carbonyl (C=O) groups is 1. The van der Waals surface area contributed by atoms with Crippen LogP contribution in [0.15, 0.2) is 61.3 Å². The van der Waals surface area contributed by atoms with Gasteiger partial charge in [-0.25, -0.2) is 14.8 Å². The van der Waals surface area contributed by atoms with Crippen molar-refractivity contribution in [1.29, 1.82) is 5.26 Å². The van der Waals surface area contributed by atoms with Crippen molar-refractivity contribution in [3.8, 4) is 11.9 Å². The maximum absolute atomic E-state index is 12.1. The lowest BCUT2D eigenvalue weighted by Crippen LogP contribution is -2.07. The molecular formula is C17H12N4O2. The summed E-state index contributed by atoms with van der Waals surface area (Å²) in [5.41, 5.74) is 1.80. The molecule has 0 aliphatic rings. The fraction of sp³-hybridized carbons (Fsp3) is 0.0588. The average Bonchev–Trinajstić information content (AvgIpc) is 3.15. The molecule has 0 N–H and O–H groups in total. The molecule has 3 aromatic rings. The van der Waals surface area contributed by atoms with Gasteiger partial charge in [0.1, 0.15) is 18.8 Å². The molecule has 0 bridgehead atoms. The highest BCUT2D eigenvalue weighted by molar-refractivity contribution is 5.89. The van der Waals surface area contributed by atoms with Gasteiger partial charge in [0.15, 0.2) is 0 Å². The molecule has 1 aromatic carbocycles. The first kappa shape index (κ1) is 14.5. The van der Waals surface area contributed by atoms with Gasteiger partial charge in [-0.3, -0.25) is 4.57 Å². The number of esters is 1. The minimum absolute atomic E-state index is 0.146. The average molecular weight is 304 g/mol. The molecule has 2 aromatic heterocycles. The molecule has 6 nitrogen and oxygen atoms in total. The number of hydrogen-bond acceptors (Lipinski definition) is 5. The number of imidazole rings is 1. The van der Waals surface area contributed by atoms with Crippen LogP contribution < -0.4 is 0 Å². The van der Waals surface area contributed by atoms with Crippen LogP contribution in [0.25, 0.3) is 5.82 Å². The standard InChI is InChI=1S/C17H12N4O2/c18-10-13-1-3-14(4-2-13)11-23-17(22)15-5-6-20-16(9-15)21-8-7-19-12-21/h1-9,12H,11H2. The van der Waals surface area contributed by atoms with Crippen LogP contribution in [0.2, 0.25) is 0 Å². The first-order valence-electron chi connectivity index (χ1n) is 6.87. The Balaban J connectivity index is 1.68. The van der Waals surface area contributed by atoms with Crippen molar-refractivity contribution in [2.45, 2.75) is 6.61 Å². The van der Waals surface area contributed by atoms with E-state index < -0.39 is 5.97 Å². The molecule has 0 spiro atoms. The summed E-state index contributed by atoms with van der Waals surface area (Å²) in [4.78, 5) is 20.3. The fourth-order valence-corrected chi connectivity index (χ4v) is 1.99. The topological polar surface area (TPSA) is 80.8 Å². The van der Waals surface area contributed by atoms with E-state index in [0.717, 1.165) is 5.56 Å². The van der Waals surface area contributed by atoms with Gasteiger partial charge in [-0.2, -0.15) is 5.26 Å². The highest BCUT2D eigenvalue weighted by atomic mass is 16.5. The predicted octanol–water partition coefficient (Wildman–Crippen LogP) is 2.50. The quantitative estimate of drug-likeness (QED) is 0.692. The number of nitriles is 1. The zero-order valence-electron chi connectivity index (χ0n) is 12.1. The van der Waals surface area contributed by atoms with Crippen molar-refractivity contribution in [1.82, 2.24) is 14.5 Å². The van der Waals surface area contributed by atoms with E-state index in [-0.39, 0.29) is 6.61 Å². The second-order valence-electron chi connectivity index (χ2n) is 4.76. The molecule has 3 rings (SSSR count). The zero-order chi connectivity index (χ0) is 16.1. The Morgan fingerprint density at radius 1 is 1.22 bits per heavy atom. The summed E-state index contributed by atoms with van der Waals surface area (Å²) in [7, 11) is 0. The van der Waals surface area contributed by atoms with E-state index in [1.807, 2.05) is 6.07 Å². The highest BCUT2D eigenvalue weighted by Gasteiger charge is 2.09. The van der Waals surface area contributed by atoms with Gasteiger partial charge in [-0.15, -0.1) is 0 Å². The zero-order valence-corrected chi connectivity index (χ0v) is 12.1. The number of rotatable bonds is 4. The van der Waals surface area contributed by atoms with Gasteiger partial charge < -0.3 is 4.74 Å². The Labute approximate surface area is 132 Å². The Morgan fingerprint density at radius 2 is 2.04 bits per heavy atom. The molecule has 0 aliphatic carbocycles. The van der Waals surface area contributed by atoms with Gasteiger partial charge in [-0.1, -0.05) is 12.1 Å². The van der Waals surface area contributed by atoms with E-state index in [0.29, 0.717) is 16.9 Å². The summed E-state index contributed by atoms with van der Waals surface area (Å²) in [5.74, 6) is 0.161. The fourth-order valence-electron chi connectivity index (χ4n) is 1.99. The highest BCUT2D eigenvalue weighted by Crippen LogP contribution is 2.10. The van der Waals surface area contributed by atoms with Crippen LogP contribution in [0.4, 0.5) is 0 Å². The van der Waals surface area contributed by atoms with Crippen molar-refractivity contribution in [2.24, 2.45) is 0 Å². The summed E-state index contributed by atoms with van der Waals surface area (Å²) in [6.45, 7) is 0.146. The van der Waals surface area contributed by atoms with Gasteiger partial charge in [0, 0.05) is 18.6 Å². The number of hydrogen-bond donors (Lipinski definition) is 0. The molecule has 0 saturated carbocycles. The molecule has 0 radical (unpaired) electrons. The Kier molecular flexibility index (Phi) is 4.11. The van der Waals surface area contributed by atoms with Crippen molar-refractivity contribution in [3.63, 3.8) is 0 Å². The van der Waals surface area contributed by atoms with Gasteiger partial charge in [-0.05, 0) is 29.8 Å². The normalized spacial score (nSPS) is 10.0. The minimum atomic E-state index is -0.432. The Hall–Kier alpha value is -3.46. The molecule has 23 heavy (non-hydrogen) atoms. The summed E-state index contributed by atoms with van der Waals surface area (Å²) in [6.07, 6.45) is 6.54. The van der Waals surface area contributed by atoms with Crippen LogP contribution in [0, 0.1) is 11.3 Å². The van der Waals surface area contributed by atoms with Crippen molar-refractivity contribution >= 4 is 5.97 Å². The third-order valence-corrected chi connectivity index (χ3v) is 3.20. The lowest BCUT2D eigenvalue weighted by Gasteiger charge is -2.06. The Morgan fingerprint density at radius 3 is 2.74 bits per heavy atom. The van der Waals surface area contributed by atoms with Gasteiger partial charge >= 0.3 is 5.97 Å². The summed E-state index contributed by atoms with van der Waals surface area (Å²) in [6, 6.07) is 12.2. The summed E-state index contributed by atoms with van der Waals surface area (Å²) >= 11 is 0. The summed E-state index contributed by atoms with van der Waals surface area (Å²) < 4.78 is 6.99. The number of ether oxygens (including phenoxy) is 1. The van der Waals surface area contributed by atoms with Crippen molar-refractivity contribution < 1.29 is 9.53 Å². The molecule has 112 valence electrons. The summed E-state index contributed by atoms with van der Waals surface area (Å²) in [5, 5.41) is 8.75. The van der Waals surface area contributed by atoms with Crippen LogP contribution in [-0.4, -0.2) is 20.5 Å². The van der Waals surface area contributed by atoms with Crippen LogP contribution >= 0.6 is 0 Å². The monoisotopic (exact) mass is 304 g/mol. The van der Waals surface area contributed by atoms with E-state index in [9.17, 15) is 4.79 Å². The molecule has 0 aliphatic heterocycles. The van der Waals surface area contributed by atoms with Crippen LogP contribution in [0.1, 0.15) is 21.5 Å². The van der Waals surface area contributed by atoms with Gasteiger partial charge in [0.25, 0.3) is 0 Å². The van der Waals surface area contributed by atoms with E-state index in [2.05, 4.69) is 9.97 Å². The van der Waals surface area contributed by atoms with E-state index in [1.165, 1.54) is 0 Å². The number of pyridine rings is 1. The second kappa shape index (κ2) is 6.54. The first-order valence-corrected chi connectivity index (χ1v) is 6.87. The molecule has 0 unspecified atom stereocenters. The largest absolute Gasteiger partial charge is 0.457 e. The third-order valence-electron chi connectivity index (χ3n) is 3.20. The number of nitrogens with zero attached hydrogens (tertiary/aromatic N) is 4. The SMILES string of the molecule is N#Cc1ccc(COC(=O)c2ccnc(-n3ccnc3)c2)cc1. The maximum atomic E-state index is 12.1. The molecule has 0 amide bonds. The molecule has 0 saturated heterocycles. The van der Waals surface area contributed by atoms with Crippen LogP contribution in [0.3, 0.4) is 0 Å². The van der Waals surface area contributed by atoms with Gasteiger partial charge in [0.05, 0.1) is 17.2 Å². The van der Waals surface area contributed by atoms with Gasteiger partial charge in [0.2, 0.25) is 0 Å². The molecule has 2 heterocycles. The van der Waals surface area contributed by atoms with Crippen LogP contribution in [-0.2, 0) is 11.3 Å². The third kappa shape index (κ3) is 3.41. The number of carbonyl (C=O) groups excluding carboxylic acids is 1. The maximum Gasteiger partial charge on any atom is 0.338 e. The molecule has 6 heteroatoms. The van der Waals surface area contributed by atoms with Crippen molar-refractivity contribution in [3.05, 3.63) is 78.0 Å². The minimum Gasteiger partial charge on any atom is -0.457 e. The van der Waals surface area contributed by atoms with E-state index in [1.54, 1.807) is 65.9 Å². The lowest BCUT2D eigenvalue weighted by molar-refractivity contribution is 0.0472. The number of aromatic nitrogens is 3. The predicted molar refractivity (Wildman–Crippen MR) is 81.6 cm³/mol. The second-order valence-corrected chi connectivity index (χ2v) is 4.76. The molecule has 0 atom stereocenters. The smallest absolute Gasteiger partial charge is 0.338 e. The lowest BCUT2D eigenvalue weighted by atomic mass is 10.1. The Bertz CT molecular complexity index is 849. The van der Waals surface area contributed by atoms with E-state index in [4.69, 9.17) is 10.00 Å². The first-order chi connectivity index (χ1) is 11.3. The van der Waals surface area contributed by atoms with E-state index >= 15 is 0 Å². The molecule has 0 fully saturated rings. The van der Waals surface area contributed by atoms with Crippen molar-refractivity contribution in [2.75, 3.05) is 0 Å². The molecular weight excluding hydrogens is 292 g/mol.